The fraction of sp³-hybridized carbons (Fsp3) is 0.625. The predicted octanol–water partition coefficient (Wildman–Crippen LogP) is 4.04. The van der Waals surface area contributed by atoms with E-state index in [0.717, 1.165) is 25.5 Å². The van der Waals surface area contributed by atoms with Crippen LogP contribution in [0.5, 0.6) is 0 Å². The highest BCUT2D eigenvalue weighted by atomic mass is 19.4. The normalized spacial score (nSPS) is 13.4. The molecule has 0 aromatic heterocycles. The summed E-state index contributed by atoms with van der Waals surface area (Å²) in [4.78, 5) is 0. The lowest BCUT2D eigenvalue weighted by Crippen LogP contribution is -2.36. The van der Waals surface area contributed by atoms with Gasteiger partial charge in [-0.05, 0) is 37.4 Å². The molecule has 1 aromatic carbocycles. The summed E-state index contributed by atoms with van der Waals surface area (Å²) < 4.78 is 43.7. The van der Waals surface area contributed by atoms with Crippen LogP contribution in [-0.4, -0.2) is 25.8 Å². The number of rotatable bonds is 9. The standard InChI is InChI=1S/C16H24F3NO/c1-3-8-20-15(12-21-9-4-2)11-13-6-5-7-14(10-13)16(17,18)19/h5-7,10,15,20H,3-4,8-9,11-12H2,1-2H3. The molecule has 0 spiro atoms. The second-order valence-corrected chi connectivity index (χ2v) is 5.13. The zero-order valence-electron chi connectivity index (χ0n) is 12.7. The number of nitrogens with one attached hydrogen (secondary N) is 1. The fourth-order valence-electron chi connectivity index (χ4n) is 2.07. The highest BCUT2D eigenvalue weighted by Gasteiger charge is 2.30. The van der Waals surface area contributed by atoms with Crippen molar-refractivity contribution in [2.24, 2.45) is 0 Å². The molecule has 1 aromatic rings. The Hall–Kier alpha value is -1.07. The van der Waals surface area contributed by atoms with E-state index in [1.54, 1.807) is 6.07 Å². The molecule has 1 unspecified atom stereocenters. The summed E-state index contributed by atoms with van der Waals surface area (Å²) in [5.41, 5.74) is 0.0854. The third-order valence-corrected chi connectivity index (χ3v) is 3.09. The molecule has 0 amide bonds. The average Bonchev–Trinajstić information content (AvgIpc) is 2.44. The first-order valence-electron chi connectivity index (χ1n) is 7.44. The maximum atomic E-state index is 12.7. The number of ether oxygens (including phenoxy) is 1. The van der Waals surface area contributed by atoms with Gasteiger partial charge in [0.1, 0.15) is 0 Å². The SMILES string of the molecule is CCCNC(COCCC)Cc1cccc(C(F)(F)F)c1. The van der Waals surface area contributed by atoms with Crippen molar-refractivity contribution in [2.45, 2.75) is 45.3 Å². The third-order valence-electron chi connectivity index (χ3n) is 3.09. The maximum absolute atomic E-state index is 12.7. The minimum atomic E-state index is -4.29. The lowest BCUT2D eigenvalue weighted by atomic mass is 10.0. The van der Waals surface area contributed by atoms with Gasteiger partial charge in [-0.25, -0.2) is 0 Å². The van der Waals surface area contributed by atoms with Crippen molar-refractivity contribution in [2.75, 3.05) is 19.8 Å². The Morgan fingerprint density at radius 2 is 1.95 bits per heavy atom. The van der Waals surface area contributed by atoms with E-state index in [0.29, 0.717) is 25.2 Å². The van der Waals surface area contributed by atoms with Crippen LogP contribution >= 0.6 is 0 Å². The molecule has 5 heteroatoms. The van der Waals surface area contributed by atoms with Crippen molar-refractivity contribution in [1.82, 2.24) is 5.32 Å². The molecule has 1 N–H and O–H groups in total. The van der Waals surface area contributed by atoms with Gasteiger partial charge in [0, 0.05) is 12.6 Å². The van der Waals surface area contributed by atoms with E-state index in [1.165, 1.54) is 12.1 Å². The smallest absolute Gasteiger partial charge is 0.380 e. The summed E-state index contributed by atoms with van der Waals surface area (Å²) >= 11 is 0. The first kappa shape index (κ1) is 18.0. The van der Waals surface area contributed by atoms with E-state index in [4.69, 9.17) is 4.74 Å². The van der Waals surface area contributed by atoms with Crippen LogP contribution in [0.15, 0.2) is 24.3 Å². The van der Waals surface area contributed by atoms with Crippen molar-refractivity contribution < 1.29 is 17.9 Å². The summed E-state index contributed by atoms with van der Waals surface area (Å²) in [5.74, 6) is 0. The van der Waals surface area contributed by atoms with Crippen molar-refractivity contribution in [3.63, 3.8) is 0 Å². The highest BCUT2D eigenvalue weighted by molar-refractivity contribution is 5.26. The molecule has 0 saturated heterocycles. The van der Waals surface area contributed by atoms with Crippen LogP contribution in [0, 0.1) is 0 Å². The van der Waals surface area contributed by atoms with Gasteiger partial charge in [0.2, 0.25) is 0 Å². The molecule has 0 bridgehead atoms. The number of benzene rings is 1. The summed E-state index contributed by atoms with van der Waals surface area (Å²) in [6, 6.07) is 5.56. The molecule has 1 rings (SSSR count). The zero-order chi connectivity index (χ0) is 15.7. The van der Waals surface area contributed by atoms with Crippen molar-refractivity contribution in [3.05, 3.63) is 35.4 Å². The Kier molecular flexibility index (Phi) is 7.75. The Labute approximate surface area is 124 Å². The lowest BCUT2D eigenvalue weighted by molar-refractivity contribution is -0.137. The maximum Gasteiger partial charge on any atom is 0.416 e. The first-order chi connectivity index (χ1) is 9.97. The molecule has 0 heterocycles. The molecule has 0 aliphatic carbocycles. The van der Waals surface area contributed by atoms with E-state index in [1.807, 2.05) is 6.92 Å². The molecule has 2 nitrogen and oxygen atoms in total. The second kappa shape index (κ2) is 9.05. The predicted molar refractivity (Wildman–Crippen MR) is 78.3 cm³/mol. The van der Waals surface area contributed by atoms with Crippen LogP contribution < -0.4 is 5.32 Å². The molecule has 0 aliphatic rings. The van der Waals surface area contributed by atoms with Gasteiger partial charge in [0.15, 0.2) is 0 Å². The molecule has 0 saturated carbocycles. The van der Waals surface area contributed by atoms with Crippen LogP contribution in [0.1, 0.15) is 37.8 Å². The van der Waals surface area contributed by atoms with Gasteiger partial charge >= 0.3 is 6.18 Å². The largest absolute Gasteiger partial charge is 0.416 e. The van der Waals surface area contributed by atoms with Gasteiger partial charge in [0.25, 0.3) is 0 Å². The monoisotopic (exact) mass is 303 g/mol. The van der Waals surface area contributed by atoms with Gasteiger partial charge in [0.05, 0.1) is 12.2 Å². The average molecular weight is 303 g/mol. The van der Waals surface area contributed by atoms with Gasteiger partial charge < -0.3 is 10.1 Å². The third kappa shape index (κ3) is 6.96. The molecule has 1 atom stereocenters. The molecule has 0 radical (unpaired) electrons. The van der Waals surface area contributed by atoms with E-state index >= 15 is 0 Å². The highest BCUT2D eigenvalue weighted by Crippen LogP contribution is 2.29. The first-order valence-corrected chi connectivity index (χ1v) is 7.44. The Bertz CT molecular complexity index is 407. The van der Waals surface area contributed by atoms with Gasteiger partial charge in [-0.15, -0.1) is 0 Å². The topological polar surface area (TPSA) is 21.3 Å². The molecule has 120 valence electrons. The minimum absolute atomic E-state index is 0.0417. The molecular formula is C16H24F3NO. The van der Waals surface area contributed by atoms with E-state index in [9.17, 15) is 13.2 Å². The number of hydrogen-bond donors (Lipinski definition) is 1. The second-order valence-electron chi connectivity index (χ2n) is 5.13. The summed E-state index contributed by atoms with van der Waals surface area (Å²) in [6.45, 7) is 6.11. The lowest BCUT2D eigenvalue weighted by Gasteiger charge is -2.19. The molecule has 21 heavy (non-hydrogen) atoms. The van der Waals surface area contributed by atoms with Crippen LogP contribution in [0.2, 0.25) is 0 Å². The summed E-state index contributed by atoms with van der Waals surface area (Å²) in [7, 11) is 0. The fourth-order valence-corrected chi connectivity index (χ4v) is 2.07. The minimum Gasteiger partial charge on any atom is -0.380 e. The van der Waals surface area contributed by atoms with Crippen LogP contribution in [0.3, 0.4) is 0 Å². The van der Waals surface area contributed by atoms with E-state index in [2.05, 4.69) is 12.2 Å². The Balaban J connectivity index is 2.68. The van der Waals surface area contributed by atoms with Crippen molar-refractivity contribution in [3.8, 4) is 0 Å². The Morgan fingerprint density at radius 3 is 2.57 bits per heavy atom. The zero-order valence-corrected chi connectivity index (χ0v) is 12.7. The summed E-state index contributed by atoms with van der Waals surface area (Å²) in [5, 5.41) is 3.33. The van der Waals surface area contributed by atoms with E-state index < -0.39 is 11.7 Å². The van der Waals surface area contributed by atoms with E-state index in [-0.39, 0.29) is 6.04 Å². The Morgan fingerprint density at radius 1 is 1.19 bits per heavy atom. The van der Waals surface area contributed by atoms with Crippen molar-refractivity contribution >= 4 is 0 Å². The van der Waals surface area contributed by atoms with Gasteiger partial charge in [-0.3, -0.25) is 0 Å². The number of hydrogen-bond acceptors (Lipinski definition) is 2. The number of halogens is 3. The van der Waals surface area contributed by atoms with Crippen LogP contribution in [0.4, 0.5) is 13.2 Å². The van der Waals surface area contributed by atoms with Gasteiger partial charge in [-0.2, -0.15) is 13.2 Å². The molecule has 0 fully saturated rings. The van der Waals surface area contributed by atoms with Gasteiger partial charge in [-0.1, -0.05) is 32.0 Å². The number of alkyl halides is 3. The quantitative estimate of drug-likeness (QED) is 0.695. The van der Waals surface area contributed by atoms with Crippen LogP contribution in [0.25, 0.3) is 0 Å². The molecule has 0 aliphatic heterocycles. The van der Waals surface area contributed by atoms with Crippen molar-refractivity contribution in [1.29, 1.82) is 0 Å². The molecular weight excluding hydrogens is 279 g/mol. The summed E-state index contributed by atoms with van der Waals surface area (Å²) in [6.07, 6.45) is -1.84. The van der Waals surface area contributed by atoms with Crippen LogP contribution in [-0.2, 0) is 17.3 Å².